The van der Waals surface area contributed by atoms with Crippen LogP contribution in [0.3, 0.4) is 0 Å². The molecule has 4 nitrogen and oxygen atoms in total. The van der Waals surface area contributed by atoms with E-state index in [1.165, 1.54) is 17.7 Å². The van der Waals surface area contributed by atoms with Crippen LogP contribution in [0.4, 0.5) is 0 Å². The van der Waals surface area contributed by atoms with Crippen molar-refractivity contribution < 1.29 is 38.5 Å². The van der Waals surface area contributed by atoms with E-state index in [0.717, 1.165) is 50.1 Å². The van der Waals surface area contributed by atoms with Gasteiger partial charge in [0.05, 0.1) is 22.3 Å². The third kappa shape index (κ3) is 9.02. The van der Waals surface area contributed by atoms with E-state index in [9.17, 15) is 5.11 Å². The minimum absolute atomic E-state index is 0. The van der Waals surface area contributed by atoms with Gasteiger partial charge >= 0.3 is 0 Å². The molecule has 0 saturated carbocycles. The van der Waals surface area contributed by atoms with Gasteiger partial charge in [-0.05, 0) is 91.6 Å². The predicted molar refractivity (Wildman–Crippen MR) is 268 cm³/mol. The third-order valence-corrected chi connectivity index (χ3v) is 11.9. The SMILES string of the molecule is [2H]C([2H])([2H])C(c1ccc(-c2ccnc(-c3[c-]c(-c4cccc5c4nc(-c4ccccc4O)n5-c4cc(-c5ccccc5)c(C(C)(C)C)cc4-c4ccccc4)cc(C(C)(C)C)c3)c2)cc1)(C([2H])([2H])[2H])C([2H])([2H])[2H].[Pt]. The van der Waals surface area contributed by atoms with E-state index in [2.05, 4.69) is 119 Å². The van der Waals surface area contributed by atoms with E-state index in [0.29, 0.717) is 39.3 Å². The van der Waals surface area contributed by atoms with Crippen LogP contribution in [-0.4, -0.2) is 19.6 Å². The summed E-state index contributed by atoms with van der Waals surface area (Å²) in [6, 6.07) is 56.0. The Labute approximate surface area is 412 Å². The fraction of sp³-hybridized carbons (Fsp3) is 0.200. The second kappa shape index (κ2) is 17.6. The molecule has 0 unspecified atom stereocenters. The maximum absolute atomic E-state index is 11.6. The Morgan fingerprint density at radius 1 is 0.523 bits per heavy atom. The Morgan fingerprint density at radius 3 is 1.80 bits per heavy atom. The van der Waals surface area contributed by atoms with Crippen molar-refractivity contribution in [2.75, 3.05) is 0 Å². The summed E-state index contributed by atoms with van der Waals surface area (Å²) in [4.78, 5) is 10.3. The quantitative estimate of drug-likeness (QED) is 0.162. The van der Waals surface area contributed by atoms with Gasteiger partial charge in [-0.2, -0.15) is 0 Å². The monoisotopic (exact) mass is 1040 g/mol. The molecule has 0 fully saturated rings. The first-order valence-electron chi connectivity index (χ1n) is 26.0. The van der Waals surface area contributed by atoms with Gasteiger partial charge in [-0.25, -0.2) is 4.98 Å². The molecule has 0 bridgehead atoms. The van der Waals surface area contributed by atoms with Crippen molar-refractivity contribution in [3.8, 4) is 78.6 Å². The molecule has 0 amide bonds. The van der Waals surface area contributed by atoms with E-state index in [-0.39, 0.29) is 43.2 Å². The summed E-state index contributed by atoms with van der Waals surface area (Å²) < 4.78 is 76.0. The van der Waals surface area contributed by atoms with Crippen LogP contribution in [0.2, 0.25) is 0 Å². The smallest absolute Gasteiger partial charge is 0.148 e. The Bertz CT molecular complexity index is 3460. The number of phenols is 1. The Hall–Kier alpha value is -6.35. The van der Waals surface area contributed by atoms with E-state index in [1.807, 2.05) is 54.6 Å². The standard InChI is InChI=1S/C60H56N3O.Pt/c1-58(2,3)45-29-27-39(28-30-45)42-31-32-61-52(36-42)44-33-43(34-46(35-44)59(4,5)6)47-24-18-25-53-56(47)62-57(48-23-16-17-26-55(48)64)63(53)54-38-49(40-19-12-10-13-20-40)51(60(7,8)9)37-50(54)41-21-14-11-15-22-41;/h10-32,34-38,64H,1-9H3;/q-1;/i1D3,2D3,3D3;. The van der Waals surface area contributed by atoms with Crippen molar-refractivity contribution >= 4 is 11.0 Å². The van der Waals surface area contributed by atoms with Gasteiger partial charge in [0.1, 0.15) is 11.6 Å². The van der Waals surface area contributed by atoms with Crippen LogP contribution in [0.15, 0.2) is 170 Å². The molecule has 0 aliphatic heterocycles. The Kier molecular flexibility index (Phi) is 9.45. The van der Waals surface area contributed by atoms with Crippen molar-refractivity contribution in [3.63, 3.8) is 0 Å². The number of hydrogen-bond donors (Lipinski definition) is 1. The van der Waals surface area contributed by atoms with E-state index < -0.39 is 26.0 Å². The first-order valence-corrected chi connectivity index (χ1v) is 21.5. The summed E-state index contributed by atoms with van der Waals surface area (Å²) in [6.45, 7) is 3.00. The number of nitrogens with zero attached hydrogens (tertiary/aromatic N) is 3. The molecule has 5 heteroatoms. The van der Waals surface area contributed by atoms with Crippen molar-refractivity contribution in [1.82, 2.24) is 14.5 Å². The molecule has 0 saturated heterocycles. The molecule has 0 radical (unpaired) electrons. The molecule has 0 aliphatic rings. The maximum Gasteiger partial charge on any atom is 0.148 e. The summed E-state index contributed by atoms with van der Waals surface area (Å²) in [5.74, 6) is 0.647. The van der Waals surface area contributed by atoms with Crippen LogP contribution in [0.25, 0.3) is 83.9 Å². The number of para-hydroxylation sites is 2. The van der Waals surface area contributed by atoms with Crippen LogP contribution in [0, 0.1) is 6.07 Å². The first-order chi connectivity index (χ1) is 34.3. The normalized spacial score (nSPS) is 14.6. The van der Waals surface area contributed by atoms with Gasteiger partial charge < -0.3 is 5.11 Å². The van der Waals surface area contributed by atoms with E-state index in [1.54, 1.807) is 36.5 Å². The summed E-state index contributed by atoms with van der Waals surface area (Å²) in [5, 5.41) is 11.6. The Morgan fingerprint density at radius 2 is 1.15 bits per heavy atom. The van der Waals surface area contributed by atoms with Crippen LogP contribution in [0.5, 0.6) is 5.75 Å². The number of rotatable bonds is 7. The van der Waals surface area contributed by atoms with Gasteiger partial charge in [0.2, 0.25) is 0 Å². The van der Waals surface area contributed by atoms with Gasteiger partial charge in [-0.3, -0.25) is 9.55 Å². The molecular formula is C60H56N3OPt-. The minimum atomic E-state index is -3.37. The summed E-state index contributed by atoms with van der Waals surface area (Å²) in [7, 11) is 0. The molecule has 0 spiro atoms. The minimum Gasteiger partial charge on any atom is -0.507 e. The maximum atomic E-state index is 11.6. The van der Waals surface area contributed by atoms with E-state index in [4.69, 9.17) is 22.3 Å². The molecule has 0 atom stereocenters. The van der Waals surface area contributed by atoms with Crippen molar-refractivity contribution in [3.05, 3.63) is 193 Å². The molecular weight excluding hydrogens is 974 g/mol. The van der Waals surface area contributed by atoms with E-state index >= 15 is 0 Å². The first kappa shape index (κ1) is 35.0. The summed E-state index contributed by atoms with van der Waals surface area (Å²) >= 11 is 0. The van der Waals surface area contributed by atoms with Crippen LogP contribution in [-0.2, 0) is 37.3 Å². The van der Waals surface area contributed by atoms with Crippen LogP contribution < -0.4 is 0 Å². The van der Waals surface area contributed by atoms with Crippen LogP contribution >= 0.6 is 0 Å². The molecule has 328 valence electrons. The van der Waals surface area contributed by atoms with Gasteiger partial charge in [0.15, 0.2) is 0 Å². The van der Waals surface area contributed by atoms with Crippen LogP contribution in [0.1, 0.15) is 91.1 Å². The number of hydrogen-bond acceptors (Lipinski definition) is 3. The van der Waals surface area contributed by atoms with Crippen molar-refractivity contribution in [1.29, 1.82) is 0 Å². The van der Waals surface area contributed by atoms with Crippen molar-refractivity contribution in [2.24, 2.45) is 0 Å². The number of imidazole rings is 1. The summed E-state index contributed by atoms with van der Waals surface area (Å²) in [6.07, 6.45) is 1.66. The topological polar surface area (TPSA) is 50.9 Å². The second-order valence-corrected chi connectivity index (χ2v) is 18.6. The number of pyridine rings is 1. The number of phenolic OH excluding ortho intramolecular Hbond substituents is 1. The Balaban J connectivity index is 0.00000729. The third-order valence-electron chi connectivity index (χ3n) is 11.9. The van der Waals surface area contributed by atoms with Gasteiger partial charge in [0, 0.05) is 50.9 Å². The number of fused-ring (bicyclic) bond motifs is 1. The molecule has 7 aromatic carbocycles. The fourth-order valence-corrected chi connectivity index (χ4v) is 8.46. The second-order valence-electron chi connectivity index (χ2n) is 18.6. The van der Waals surface area contributed by atoms with Gasteiger partial charge in [-0.15, -0.1) is 29.3 Å². The largest absolute Gasteiger partial charge is 0.507 e. The molecule has 65 heavy (non-hydrogen) atoms. The fourth-order valence-electron chi connectivity index (χ4n) is 8.46. The zero-order valence-corrected chi connectivity index (χ0v) is 39.5. The zero-order chi connectivity index (χ0) is 52.5. The number of benzene rings is 7. The zero-order valence-electron chi connectivity index (χ0n) is 46.3. The average Bonchev–Trinajstić information content (AvgIpc) is 3.72. The molecule has 9 aromatic rings. The average molecular weight is 1040 g/mol. The van der Waals surface area contributed by atoms with Gasteiger partial charge in [-0.1, -0.05) is 188 Å². The molecule has 0 aliphatic carbocycles. The predicted octanol–water partition coefficient (Wildman–Crippen LogP) is 15.8. The van der Waals surface area contributed by atoms with Crippen molar-refractivity contribution in [2.45, 2.75) is 78.3 Å². The molecule has 2 heterocycles. The molecule has 2 aromatic heterocycles. The number of aromatic hydroxyl groups is 1. The van der Waals surface area contributed by atoms with Gasteiger partial charge in [0.25, 0.3) is 0 Å². The summed E-state index contributed by atoms with van der Waals surface area (Å²) in [5.41, 5.74) is 9.51. The number of aromatic nitrogens is 3. The molecule has 1 N–H and O–H groups in total. The molecule has 9 rings (SSSR count).